The van der Waals surface area contributed by atoms with Gasteiger partial charge < -0.3 is 11.1 Å². The van der Waals surface area contributed by atoms with E-state index in [9.17, 15) is 4.79 Å². The van der Waals surface area contributed by atoms with Gasteiger partial charge >= 0.3 is 0 Å². The molecule has 16 heavy (non-hydrogen) atoms. The van der Waals surface area contributed by atoms with E-state index >= 15 is 0 Å². The Morgan fingerprint density at radius 1 is 1.62 bits per heavy atom. The molecule has 0 aliphatic heterocycles. The van der Waals surface area contributed by atoms with E-state index in [0.29, 0.717) is 10.2 Å². The van der Waals surface area contributed by atoms with Crippen LogP contribution in [0.4, 0.5) is 5.13 Å². The minimum absolute atomic E-state index is 0.245. The number of amides is 1. The maximum Gasteiger partial charge on any atom is 0.242 e. The van der Waals surface area contributed by atoms with Crippen molar-refractivity contribution in [2.24, 2.45) is 5.73 Å². The number of anilines is 1. The van der Waals surface area contributed by atoms with Crippen molar-refractivity contribution in [1.29, 1.82) is 0 Å². The summed E-state index contributed by atoms with van der Waals surface area (Å²) in [7, 11) is 0. The average molecular weight is 256 g/mol. The van der Waals surface area contributed by atoms with E-state index in [1.165, 1.54) is 11.3 Å². The molecule has 4 nitrogen and oxygen atoms in total. The topological polar surface area (TPSA) is 68.0 Å². The van der Waals surface area contributed by atoms with Crippen LogP contribution in [0.25, 0.3) is 10.2 Å². The number of nitrogens with zero attached hydrogens (tertiary/aromatic N) is 1. The van der Waals surface area contributed by atoms with Crippen LogP contribution in [0.15, 0.2) is 18.2 Å². The average Bonchev–Trinajstić information content (AvgIpc) is 2.58. The van der Waals surface area contributed by atoms with Crippen molar-refractivity contribution >= 4 is 44.2 Å². The maximum absolute atomic E-state index is 11.4. The molecule has 1 atom stereocenters. The van der Waals surface area contributed by atoms with Gasteiger partial charge in [0.1, 0.15) is 0 Å². The third-order valence-corrected chi connectivity index (χ3v) is 3.16. The molecule has 0 radical (unpaired) electrons. The summed E-state index contributed by atoms with van der Waals surface area (Å²) in [6.45, 7) is 1.62. The first-order valence-corrected chi connectivity index (χ1v) is 5.88. The molecule has 1 heterocycles. The number of carbonyl (C=O) groups is 1. The van der Waals surface area contributed by atoms with Crippen molar-refractivity contribution in [3.05, 3.63) is 23.2 Å². The zero-order valence-corrected chi connectivity index (χ0v) is 10.1. The molecule has 2 rings (SSSR count). The Balaban J connectivity index is 2.29. The second-order valence-corrected chi connectivity index (χ2v) is 4.88. The molecule has 0 saturated heterocycles. The monoisotopic (exact) mass is 255 g/mol. The fourth-order valence-corrected chi connectivity index (χ4v) is 2.32. The Bertz CT molecular complexity index is 538. The number of carbonyl (C=O) groups excluding carboxylic acids is 1. The molecule has 84 valence electrons. The molecular weight excluding hydrogens is 246 g/mol. The highest BCUT2D eigenvalue weighted by molar-refractivity contribution is 7.22. The van der Waals surface area contributed by atoms with E-state index in [1.807, 2.05) is 12.1 Å². The van der Waals surface area contributed by atoms with E-state index in [1.54, 1.807) is 13.0 Å². The van der Waals surface area contributed by atoms with E-state index in [4.69, 9.17) is 17.3 Å². The molecule has 6 heteroatoms. The van der Waals surface area contributed by atoms with Gasteiger partial charge in [0, 0.05) is 5.02 Å². The van der Waals surface area contributed by atoms with Crippen molar-refractivity contribution in [3.63, 3.8) is 0 Å². The number of hydrogen-bond acceptors (Lipinski definition) is 4. The number of nitrogens with two attached hydrogens (primary N) is 1. The Morgan fingerprint density at radius 2 is 2.38 bits per heavy atom. The largest absolute Gasteiger partial charge is 0.320 e. The summed E-state index contributed by atoms with van der Waals surface area (Å²) in [6, 6.07) is 4.85. The quantitative estimate of drug-likeness (QED) is 0.865. The summed E-state index contributed by atoms with van der Waals surface area (Å²) in [6.07, 6.45) is 0. The van der Waals surface area contributed by atoms with Crippen LogP contribution in [0, 0.1) is 0 Å². The van der Waals surface area contributed by atoms with E-state index in [0.717, 1.165) is 10.2 Å². The highest BCUT2D eigenvalue weighted by Gasteiger charge is 2.10. The van der Waals surface area contributed by atoms with Gasteiger partial charge in [-0.1, -0.05) is 22.9 Å². The molecule has 0 aliphatic rings. The molecular formula is C10H10ClN3OS. The summed E-state index contributed by atoms with van der Waals surface area (Å²) in [5.41, 5.74) is 6.26. The zero-order chi connectivity index (χ0) is 11.7. The van der Waals surface area contributed by atoms with Gasteiger partial charge in [0.05, 0.1) is 16.3 Å². The SMILES string of the molecule is C[C@@H](N)C(=O)Nc1nc2ccc(Cl)cc2s1. The number of rotatable bonds is 2. The van der Waals surface area contributed by atoms with Crippen LogP contribution in [0.1, 0.15) is 6.92 Å². The van der Waals surface area contributed by atoms with Crippen LogP contribution < -0.4 is 11.1 Å². The van der Waals surface area contributed by atoms with Gasteiger partial charge in [-0.3, -0.25) is 4.79 Å². The van der Waals surface area contributed by atoms with Gasteiger partial charge in [0.15, 0.2) is 5.13 Å². The van der Waals surface area contributed by atoms with Gasteiger partial charge in [0.25, 0.3) is 0 Å². The predicted molar refractivity (Wildman–Crippen MR) is 66.9 cm³/mol. The Labute approximate surface area is 101 Å². The summed E-state index contributed by atoms with van der Waals surface area (Å²) in [4.78, 5) is 15.6. The van der Waals surface area contributed by atoms with Crippen molar-refractivity contribution in [3.8, 4) is 0 Å². The number of nitrogens with one attached hydrogen (secondary N) is 1. The van der Waals surface area contributed by atoms with Crippen LogP contribution >= 0.6 is 22.9 Å². The highest BCUT2D eigenvalue weighted by Crippen LogP contribution is 2.28. The molecule has 3 N–H and O–H groups in total. The minimum Gasteiger partial charge on any atom is -0.320 e. The number of thiazole rings is 1. The molecule has 1 aromatic heterocycles. The smallest absolute Gasteiger partial charge is 0.242 e. The summed E-state index contributed by atoms with van der Waals surface area (Å²) >= 11 is 7.23. The van der Waals surface area contributed by atoms with E-state index in [-0.39, 0.29) is 5.91 Å². The van der Waals surface area contributed by atoms with Gasteiger partial charge in [-0.25, -0.2) is 4.98 Å². The molecule has 0 aliphatic carbocycles. The second-order valence-electron chi connectivity index (χ2n) is 3.41. The Hall–Kier alpha value is -1.17. The standard InChI is InChI=1S/C10H10ClN3OS/c1-5(12)9(15)14-10-13-7-3-2-6(11)4-8(7)16-10/h2-5H,12H2,1H3,(H,13,14,15)/t5-/m1/s1. The number of fused-ring (bicyclic) bond motifs is 1. The normalized spacial score (nSPS) is 12.7. The lowest BCUT2D eigenvalue weighted by atomic mass is 10.3. The van der Waals surface area contributed by atoms with Gasteiger partial charge in [-0.15, -0.1) is 0 Å². The first kappa shape index (κ1) is 11.3. The second kappa shape index (κ2) is 4.37. The summed E-state index contributed by atoms with van der Waals surface area (Å²) < 4.78 is 0.937. The minimum atomic E-state index is -0.546. The molecule has 2 aromatic rings. The van der Waals surface area contributed by atoms with Crippen LogP contribution in [0.3, 0.4) is 0 Å². The third-order valence-electron chi connectivity index (χ3n) is 1.99. The predicted octanol–water partition coefficient (Wildman–Crippen LogP) is 2.24. The molecule has 0 saturated carbocycles. The lowest BCUT2D eigenvalue weighted by molar-refractivity contribution is -0.117. The van der Waals surface area contributed by atoms with Gasteiger partial charge in [0.2, 0.25) is 5.91 Å². The molecule has 0 spiro atoms. The summed E-state index contributed by atoms with van der Waals surface area (Å²) in [5.74, 6) is -0.245. The number of benzene rings is 1. The van der Waals surface area contributed by atoms with Gasteiger partial charge in [-0.05, 0) is 25.1 Å². The molecule has 1 amide bonds. The van der Waals surface area contributed by atoms with Crippen molar-refractivity contribution in [1.82, 2.24) is 4.98 Å². The third kappa shape index (κ3) is 2.32. The fourth-order valence-electron chi connectivity index (χ4n) is 1.17. The van der Waals surface area contributed by atoms with Crippen LogP contribution in [0.5, 0.6) is 0 Å². The van der Waals surface area contributed by atoms with Crippen LogP contribution in [-0.2, 0) is 4.79 Å². The number of aromatic nitrogens is 1. The highest BCUT2D eigenvalue weighted by atomic mass is 35.5. The number of halogens is 1. The molecule has 1 aromatic carbocycles. The lowest BCUT2D eigenvalue weighted by Gasteiger charge is -2.02. The van der Waals surface area contributed by atoms with Crippen LogP contribution in [-0.4, -0.2) is 16.9 Å². The van der Waals surface area contributed by atoms with Crippen LogP contribution in [0.2, 0.25) is 5.02 Å². The van der Waals surface area contributed by atoms with Crippen molar-refractivity contribution in [2.45, 2.75) is 13.0 Å². The first-order valence-electron chi connectivity index (χ1n) is 4.69. The molecule has 0 unspecified atom stereocenters. The Kier molecular flexibility index (Phi) is 3.09. The molecule has 0 bridgehead atoms. The first-order chi connectivity index (χ1) is 7.56. The Morgan fingerprint density at radius 3 is 3.06 bits per heavy atom. The van der Waals surface area contributed by atoms with Gasteiger partial charge in [-0.2, -0.15) is 0 Å². The maximum atomic E-state index is 11.4. The zero-order valence-electron chi connectivity index (χ0n) is 8.53. The fraction of sp³-hybridized carbons (Fsp3) is 0.200. The van der Waals surface area contributed by atoms with Crippen molar-refractivity contribution < 1.29 is 4.79 Å². The molecule has 0 fully saturated rings. The van der Waals surface area contributed by atoms with Crippen molar-refractivity contribution in [2.75, 3.05) is 5.32 Å². The lowest BCUT2D eigenvalue weighted by Crippen LogP contribution is -2.32. The summed E-state index contributed by atoms with van der Waals surface area (Å²) in [5, 5.41) is 3.85. The van der Waals surface area contributed by atoms with E-state index < -0.39 is 6.04 Å². The van der Waals surface area contributed by atoms with E-state index in [2.05, 4.69) is 10.3 Å². The number of hydrogen-bond donors (Lipinski definition) is 2.